The fourth-order valence-corrected chi connectivity index (χ4v) is 3.21. The minimum Gasteiger partial charge on any atom is -0.479 e. The molecule has 0 saturated heterocycles. The van der Waals surface area contributed by atoms with Crippen molar-refractivity contribution in [3.63, 3.8) is 0 Å². The molecule has 1 aliphatic rings. The van der Waals surface area contributed by atoms with Crippen LogP contribution in [0, 0.1) is 0 Å². The number of allylic oxidation sites excluding steroid dienone is 1. The summed E-state index contributed by atoms with van der Waals surface area (Å²) >= 11 is 0. The molecule has 0 saturated carbocycles. The zero-order valence-corrected chi connectivity index (χ0v) is 16.9. The van der Waals surface area contributed by atoms with Crippen molar-refractivity contribution in [1.82, 2.24) is 4.57 Å². The van der Waals surface area contributed by atoms with E-state index in [1.54, 1.807) is 42.5 Å². The Morgan fingerprint density at radius 1 is 1.13 bits per heavy atom. The predicted octanol–water partition coefficient (Wildman–Crippen LogP) is 4.01. The van der Waals surface area contributed by atoms with Crippen molar-refractivity contribution >= 4 is 17.8 Å². The molecule has 0 aliphatic carbocycles. The van der Waals surface area contributed by atoms with Crippen molar-refractivity contribution in [3.05, 3.63) is 83.7 Å². The Morgan fingerprint density at radius 2 is 1.97 bits per heavy atom. The highest BCUT2D eigenvalue weighted by atomic mass is 16.7. The van der Waals surface area contributed by atoms with Crippen LogP contribution in [0.5, 0.6) is 17.2 Å². The number of hydrogen-bond acceptors (Lipinski definition) is 5. The van der Waals surface area contributed by atoms with Crippen molar-refractivity contribution in [2.24, 2.45) is 0 Å². The van der Waals surface area contributed by atoms with E-state index in [1.165, 1.54) is 6.92 Å². The second-order valence-electron chi connectivity index (χ2n) is 7.02. The summed E-state index contributed by atoms with van der Waals surface area (Å²) < 4.78 is 17.9. The largest absolute Gasteiger partial charge is 0.479 e. The van der Waals surface area contributed by atoms with Crippen LogP contribution in [0.3, 0.4) is 0 Å². The quantitative estimate of drug-likeness (QED) is 0.555. The number of carbonyl (C=O) groups is 2. The molecule has 0 fully saturated rings. The number of hydrogen-bond donors (Lipinski definition) is 1. The molecule has 0 spiro atoms. The summed E-state index contributed by atoms with van der Waals surface area (Å²) in [5.74, 6) is 0.571. The summed E-state index contributed by atoms with van der Waals surface area (Å²) in [5.41, 5.74) is 1.97. The molecule has 1 N–H and O–H groups in total. The fraction of sp³-hybridized carbons (Fsp3) is 0.167. The number of benzene rings is 2. The third-order valence-electron chi connectivity index (χ3n) is 4.83. The SMILES string of the molecule is C[C@H](Oc1cccc(C=CCn2cccc2C(=O)c2ccc3c(c2)OCO3)c1)C(=O)O. The molecular weight excluding hydrogens is 398 g/mol. The second kappa shape index (κ2) is 8.79. The van der Waals surface area contributed by atoms with Gasteiger partial charge < -0.3 is 23.9 Å². The van der Waals surface area contributed by atoms with Gasteiger partial charge in [-0.25, -0.2) is 4.79 Å². The Balaban J connectivity index is 1.45. The van der Waals surface area contributed by atoms with E-state index in [9.17, 15) is 9.59 Å². The summed E-state index contributed by atoms with van der Waals surface area (Å²) in [6.07, 6.45) is 4.74. The zero-order valence-electron chi connectivity index (χ0n) is 16.9. The average Bonchev–Trinajstić information content (AvgIpc) is 3.42. The molecule has 31 heavy (non-hydrogen) atoms. The highest BCUT2D eigenvalue weighted by Gasteiger charge is 2.19. The Kier molecular flexibility index (Phi) is 5.75. The van der Waals surface area contributed by atoms with Gasteiger partial charge >= 0.3 is 5.97 Å². The number of ketones is 1. The maximum absolute atomic E-state index is 13.0. The lowest BCUT2D eigenvalue weighted by Gasteiger charge is -2.10. The van der Waals surface area contributed by atoms with Gasteiger partial charge in [0.2, 0.25) is 12.6 Å². The van der Waals surface area contributed by atoms with Crippen LogP contribution in [0.15, 0.2) is 66.9 Å². The lowest BCUT2D eigenvalue weighted by Crippen LogP contribution is -2.22. The monoisotopic (exact) mass is 419 g/mol. The molecule has 1 aliphatic heterocycles. The number of fused-ring (bicyclic) bond motifs is 1. The van der Waals surface area contributed by atoms with Gasteiger partial charge in [-0.1, -0.05) is 24.3 Å². The first-order valence-corrected chi connectivity index (χ1v) is 9.77. The van der Waals surface area contributed by atoms with Crippen molar-refractivity contribution in [1.29, 1.82) is 0 Å². The molecule has 2 aromatic carbocycles. The Bertz CT molecular complexity index is 1150. The lowest BCUT2D eigenvalue weighted by molar-refractivity contribution is -0.144. The van der Waals surface area contributed by atoms with Gasteiger partial charge in [0.1, 0.15) is 5.75 Å². The smallest absolute Gasteiger partial charge is 0.344 e. The van der Waals surface area contributed by atoms with Crippen molar-refractivity contribution in [2.75, 3.05) is 6.79 Å². The highest BCUT2D eigenvalue weighted by molar-refractivity contribution is 6.08. The highest BCUT2D eigenvalue weighted by Crippen LogP contribution is 2.33. The molecule has 158 valence electrons. The summed E-state index contributed by atoms with van der Waals surface area (Å²) in [6, 6.07) is 15.9. The minimum absolute atomic E-state index is 0.102. The minimum atomic E-state index is -1.02. The number of aliphatic carboxylic acids is 1. The predicted molar refractivity (Wildman–Crippen MR) is 114 cm³/mol. The van der Waals surface area contributed by atoms with Gasteiger partial charge in [-0.3, -0.25) is 4.79 Å². The first-order chi connectivity index (χ1) is 15.0. The van der Waals surface area contributed by atoms with Crippen LogP contribution in [0.2, 0.25) is 0 Å². The van der Waals surface area contributed by atoms with Crippen LogP contribution in [0.1, 0.15) is 28.5 Å². The molecule has 4 rings (SSSR count). The van der Waals surface area contributed by atoms with Gasteiger partial charge in [0, 0.05) is 18.3 Å². The van der Waals surface area contributed by atoms with Crippen LogP contribution in [0.25, 0.3) is 6.08 Å². The normalized spacial score (nSPS) is 13.3. The molecule has 7 heteroatoms. The number of carbonyl (C=O) groups excluding carboxylic acids is 1. The molecule has 1 atom stereocenters. The van der Waals surface area contributed by atoms with E-state index in [0.717, 1.165) is 5.56 Å². The number of nitrogens with zero attached hydrogens (tertiary/aromatic N) is 1. The van der Waals surface area contributed by atoms with Crippen LogP contribution in [-0.2, 0) is 11.3 Å². The van der Waals surface area contributed by atoms with E-state index < -0.39 is 12.1 Å². The maximum Gasteiger partial charge on any atom is 0.344 e. The van der Waals surface area contributed by atoms with Crippen LogP contribution >= 0.6 is 0 Å². The summed E-state index contributed by atoms with van der Waals surface area (Å²) in [5, 5.41) is 8.98. The van der Waals surface area contributed by atoms with Gasteiger partial charge in [-0.15, -0.1) is 0 Å². The topological polar surface area (TPSA) is 87.0 Å². The maximum atomic E-state index is 13.0. The number of ether oxygens (including phenoxy) is 3. The Labute approximate surface area is 179 Å². The van der Waals surface area contributed by atoms with Crippen LogP contribution in [0.4, 0.5) is 0 Å². The van der Waals surface area contributed by atoms with Crippen LogP contribution in [-0.4, -0.2) is 34.3 Å². The van der Waals surface area contributed by atoms with E-state index in [-0.39, 0.29) is 12.6 Å². The van der Waals surface area contributed by atoms with Crippen molar-refractivity contribution < 1.29 is 28.9 Å². The van der Waals surface area contributed by atoms with Gasteiger partial charge in [0.25, 0.3) is 0 Å². The van der Waals surface area contributed by atoms with E-state index in [2.05, 4.69) is 0 Å². The molecule has 0 amide bonds. The third-order valence-corrected chi connectivity index (χ3v) is 4.83. The van der Waals surface area contributed by atoms with E-state index >= 15 is 0 Å². The Hall–Kier alpha value is -4.00. The first-order valence-electron chi connectivity index (χ1n) is 9.77. The number of aromatic nitrogens is 1. The number of carboxylic acid groups (broad SMARTS) is 1. The Morgan fingerprint density at radius 3 is 2.81 bits per heavy atom. The molecular formula is C24H21NO6. The van der Waals surface area contributed by atoms with Gasteiger partial charge in [-0.2, -0.15) is 0 Å². The summed E-state index contributed by atoms with van der Waals surface area (Å²) in [7, 11) is 0. The lowest BCUT2D eigenvalue weighted by atomic mass is 10.1. The second-order valence-corrected chi connectivity index (χ2v) is 7.02. The molecule has 3 aromatic rings. The molecule has 2 heterocycles. The summed E-state index contributed by atoms with van der Waals surface area (Å²) in [4.78, 5) is 23.9. The molecule has 7 nitrogen and oxygen atoms in total. The van der Waals surface area contributed by atoms with Gasteiger partial charge in [0.15, 0.2) is 17.6 Å². The third kappa shape index (κ3) is 4.61. The summed E-state index contributed by atoms with van der Waals surface area (Å²) in [6.45, 7) is 2.14. The van der Waals surface area contributed by atoms with Crippen molar-refractivity contribution in [2.45, 2.75) is 19.6 Å². The molecule has 0 radical (unpaired) electrons. The average molecular weight is 419 g/mol. The molecule has 0 bridgehead atoms. The van der Waals surface area contributed by atoms with Crippen molar-refractivity contribution in [3.8, 4) is 17.2 Å². The van der Waals surface area contributed by atoms with E-state index in [4.69, 9.17) is 19.3 Å². The standard InChI is InChI=1S/C24H21NO6/c1-16(24(27)28)31-19-7-2-5-17(13-19)6-3-11-25-12-4-8-20(25)23(26)18-9-10-21-22(14-18)30-15-29-21/h2-10,12-14,16H,11,15H2,1H3,(H,27,28)/t16-/m0/s1. The van der Waals surface area contributed by atoms with E-state index in [1.807, 2.05) is 35.0 Å². The molecule has 1 aromatic heterocycles. The van der Waals surface area contributed by atoms with Gasteiger partial charge in [-0.05, 0) is 55.0 Å². The van der Waals surface area contributed by atoms with Gasteiger partial charge in [0.05, 0.1) is 5.69 Å². The van der Waals surface area contributed by atoms with E-state index in [0.29, 0.717) is 35.1 Å². The zero-order chi connectivity index (χ0) is 21.8. The first kappa shape index (κ1) is 20.3. The number of rotatable bonds is 8. The molecule has 0 unspecified atom stereocenters. The number of carboxylic acids is 1. The van der Waals surface area contributed by atoms with Crippen LogP contribution < -0.4 is 14.2 Å². The fourth-order valence-electron chi connectivity index (χ4n) is 3.21.